The molecule has 1 heterocycles. The predicted octanol–water partition coefficient (Wildman–Crippen LogP) is 4.98. The number of nitrogens with two attached hydrogens (primary N) is 1. The lowest BCUT2D eigenvalue weighted by Gasteiger charge is -2.38. The Morgan fingerprint density at radius 3 is 2.37 bits per heavy atom. The Kier molecular flexibility index (Phi) is 10.9. The molecule has 2 amide bonds. The molecule has 0 aromatic heterocycles. The van der Waals surface area contributed by atoms with E-state index in [4.69, 9.17) is 10.5 Å². The van der Waals surface area contributed by atoms with Crippen molar-refractivity contribution in [3.05, 3.63) is 113 Å². The fourth-order valence-electron chi connectivity index (χ4n) is 5.71. The molecule has 0 aliphatic carbocycles. The van der Waals surface area contributed by atoms with Gasteiger partial charge in [-0.2, -0.15) is 0 Å². The fraction of sp³-hybridized carbons (Fsp3) is 0.297. The van der Waals surface area contributed by atoms with Gasteiger partial charge in [0.25, 0.3) is 21.8 Å². The van der Waals surface area contributed by atoms with Crippen molar-refractivity contribution in [2.24, 2.45) is 5.92 Å². The number of carbonyl (C=O) groups excluding carboxylic acids is 2. The summed E-state index contributed by atoms with van der Waals surface area (Å²) in [7, 11) is -2.06. The molecule has 12 heteroatoms. The Labute approximate surface area is 287 Å². The lowest BCUT2D eigenvalue weighted by molar-refractivity contribution is 0.0344. The van der Waals surface area contributed by atoms with Gasteiger partial charge in [0.1, 0.15) is 6.10 Å². The van der Waals surface area contributed by atoms with Crippen LogP contribution >= 0.6 is 0 Å². The number of rotatable bonds is 11. The maximum Gasteiger partial charge on any atom is 0.262 e. The largest absolute Gasteiger partial charge is 0.486 e. The number of ether oxygens (including phenoxy) is 1. The van der Waals surface area contributed by atoms with Crippen molar-refractivity contribution in [2.75, 3.05) is 42.5 Å². The standard InChI is InChI=1S/C37H43N5O6S/c1-24-12-18-29(19-13-24)49(46,47)40-33-11-7-8-30-35(33)48-34(25(2)20-42(37(30)45)26(3)23-43)22-41(4)21-27-14-16-28(17-15-27)36(44)39-32-10-6-5-9-31(32)38/h5-19,25-26,34,40,43H,20-23,38H2,1-4H3,(H,39,44)/t25-,26-,34+/m0/s1. The van der Waals surface area contributed by atoms with Gasteiger partial charge in [0.2, 0.25) is 0 Å². The molecule has 49 heavy (non-hydrogen) atoms. The van der Waals surface area contributed by atoms with Gasteiger partial charge in [0.05, 0.1) is 40.2 Å². The fourth-order valence-corrected chi connectivity index (χ4v) is 6.78. The van der Waals surface area contributed by atoms with Crippen molar-refractivity contribution in [3.8, 4) is 5.75 Å². The molecule has 5 N–H and O–H groups in total. The van der Waals surface area contributed by atoms with Crippen molar-refractivity contribution in [1.29, 1.82) is 0 Å². The number of nitrogens with zero attached hydrogens (tertiary/aromatic N) is 2. The predicted molar refractivity (Wildman–Crippen MR) is 191 cm³/mol. The van der Waals surface area contributed by atoms with E-state index in [1.807, 2.05) is 33.0 Å². The summed E-state index contributed by atoms with van der Waals surface area (Å²) >= 11 is 0. The van der Waals surface area contributed by atoms with E-state index in [9.17, 15) is 23.1 Å². The number of likely N-dealkylation sites (N-methyl/N-ethyl adjacent to an activating group) is 1. The lowest BCUT2D eigenvalue weighted by atomic mass is 9.99. The number of amides is 2. The summed E-state index contributed by atoms with van der Waals surface area (Å²) in [5, 5.41) is 12.9. The molecule has 0 saturated heterocycles. The molecular formula is C37H43N5O6S. The topological polar surface area (TPSA) is 154 Å². The third-order valence-electron chi connectivity index (χ3n) is 8.64. The highest BCUT2D eigenvalue weighted by Crippen LogP contribution is 2.36. The molecular weight excluding hydrogens is 643 g/mol. The Morgan fingerprint density at radius 2 is 1.69 bits per heavy atom. The van der Waals surface area contributed by atoms with Gasteiger partial charge < -0.3 is 25.8 Å². The van der Waals surface area contributed by atoms with Gasteiger partial charge in [-0.3, -0.25) is 19.2 Å². The van der Waals surface area contributed by atoms with Crippen LogP contribution in [0.1, 0.15) is 45.7 Å². The zero-order valence-electron chi connectivity index (χ0n) is 28.1. The van der Waals surface area contributed by atoms with Crippen molar-refractivity contribution < 1.29 is 27.9 Å². The first-order valence-electron chi connectivity index (χ1n) is 16.1. The summed E-state index contributed by atoms with van der Waals surface area (Å²) in [5.41, 5.74) is 9.73. The van der Waals surface area contributed by atoms with Gasteiger partial charge in [-0.1, -0.05) is 55.0 Å². The van der Waals surface area contributed by atoms with Crippen LogP contribution in [0.5, 0.6) is 5.75 Å². The van der Waals surface area contributed by atoms with Gasteiger partial charge in [0.15, 0.2) is 5.75 Å². The van der Waals surface area contributed by atoms with E-state index in [1.165, 1.54) is 12.1 Å². The van der Waals surface area contributed by atoms with E-state index in [0.717, 1.165) is 11.1 Å². The molecule has 11 nitrogen and oxygen atoms in total. The molecule has 4 aromatic carbocycles. The highest BCUT2D eigenvalue weighted by molar-refractivity contribution is 7.92. The maximum atomic E-state index is 13.8. The van der Waals surface area contributed by atoms with Gasteiger partial charge in [0, 0.05) is 31.1 Å². The SMILES string of the molecule is Cc1ccc(S(=O)(=O)Nc2cccc3c2O[C@H](CN(C)Cc2ccc(C(=O)Nc4ccccc4N)cc2)[C@@H](C)CN([C@@H](C)CO)C3=O)cc1. The van der Waals surface area contributed by atoms with Gasteiger partial charge in [-0.05, 0) is 75.0 Å². The Morgan fingerprint density at radius 1 is 1.02 bits per heavy atom. The van der Waals surface area contributed by atoms with Crippen molar-refractivity contribution in [3.63, 3.8) is 0 Å². The summed E-state index contributed by atoms with van der Waals surface area (Å²) in [6.07, 6.45) is -0.461. The number of aliphatic hydroxyl groups excluding tert-OH is 1. The van der Waals surface area contributed by atoms with Gasteiger partial charge >= 0.3 is 0 Å². The third-order valence-corrected chi connectivity index (χ3v) is 10.0. The maximum absolute atomic E-state index is 13.8. The van der Waals surface area contributed by atoms with Crippen molar-refractivity contribution >= 4 is 38.9 Å². The molecule has 4 aromatic rings. The van der Waals surface area contributed by atoms with Crippen LogP contribution < -0.4 is 20.5 Å². The second kappa shape index (κ2) is 15.1. The third kappa shape index (κ3) is 8.40. The first-order valence-corrected chi connectivity index (χ1v) is 17.6. The Bertz CT molecular complexity index is 1900. The number of sulfonamides is 1. The molecule has 0 unspecified atom stereocenters. The zero-order chi connectivity index (χ0) is 35.3. The van der Waals surface area contributed by atoms with Crippen LogP contribution in [0.3, 0.4) is 0 Å². The van der Waals surface area contributed by atoms with E-state index in [-0.39, 0.29) is 46.2 Å². The van der Waals surface area contributed by atoms with Crippen LogP contribution in [0, 0.1) is 12.8 Å². The number of nitrogens with one attached hydrogen (secondary N) is 2. The number of hydrogen-bond donors (Lipinski definition) is 4. The Balaban J connectivity index is 1.37. The number of fused-ring (bicyclic) bond motifs is 1. The van der Waals surface area contributed by atoms with Crippen molar-refractivity contribution in [2.45, 2.75) is 44.4 Å². The number of anilines is 3. The van der Waals surface area contributed by atoms with E-state index in [0.29, 0.717) is 36.6 Å². The number of benzene rings is 4. The summed E-state index contributed by atoms with van der Waals surface area (Å²) < 4.78 is 36.1. The second-order valence-corrected chi connectivity index (χ2v) is 14.3. The molecule has 0 spiro atoms. The normalized spacial score (nSPS) is 17.0. The van der Waals surface area contributed by atoms with Crippen LogP contribution in [0.25, 0.3) is 0 Å². The number of para-hydroxylation sites is 3. The summed E-state index contributed by atoms with van der Waals surface area (Å²) in [6, 6.07) is 25.2. The number of nitrogen functional groups attached to an aromatic ring is 1. The summed E-state index contributed by atoms with van der Waals surface area (Å²) in [6.45, 7) is 6.68. The number of aliphatic hydroxyl groups is 1. The molecule has 0 radical (unpaired) electrons. The molecule has 0 bridgehead atoms. The molecule has 0 fully saturated rings. The van der Waals surface area contributed by atoms with E-state index < -0.39 is 22.2 Å². The summed E-state index contributed by atoms with van der Waals surface area (Å²) in [4.78, 5) is 30.4. The lowest BCUT2D eigenvalue weighted by Crippen LogP contribution is -2.49. The number of carbonyl (C=O) groups is 2. The monoisotopic (exact) mass is 685 g/mol. The number of aryl methyl sites for hydroxylation is 1. The van der Waals surface area contributed by atoms with Crippen LogP contribution in [-0.4, -0.2) is 74.0 Å². The van der Waals surface area contributed by atoms with Crippen molar-refractivity contribution in [1.82, 2.24) is 9.80 Å². The van der Waals surface area contributed by atoms with Crippen LogP contribution in [-0.2, 0) is 16.6 Å². The highest BCUT2D eigenvalue weighted by Gasteiger charge is 2.35. The second-order valence-electron chi connectivity index (χ2n) is 12.7. The number of hydrogen-bond acceptors (Lipinski definition) is 8. The minimum atomic E-state index is -4.00. The molecule has 1 aliphatic heterocycles. The zero-order valence-corrected chi connectivity index (χ0v) is 28.9. The van der Waals surface area contributed by atoms with E-state index in [2.05, 4.69) is 14.9 Å². The Hall–Kier alpha value is -4.91. The van der Waals surface area contributed by atoms with Crippen LogP contribution in [0.2, 0.25) is 0 Å². The van der Waals surface area contributed by atoms with Gasteiger partial charge in [-0.25, -0.2) is 8.42 Å². The molecule has 258 valence electrons. The molecule has 3 atom stereocenters. The molecule has 1 aliphatic rings. The minimum absolute atomic E-state index is 0.0840. The highest BCUT2D eigenvalue weighted by atomic mass is 32.2. The van der Waals surface area contributed by atoms with Gasteiger partial charge in [-0.15, -0.1) is 0 Å². The first kappa shape index (κ1) is 35.4. The van der Waals surface area contributed by atoms with E-state index >= 15 is 0 Å². The van der Waals surface area contributed by atoms with Crippen LogP contribution in [0.4, 0.5) is 17.1 Å². The van der Waals surface area contributed by atoms with E-state index in [1.54, 1.807) is 78.6 Å². The molecule has 5 rings (SSSR count). The minimum Gasteiger partial charge on any atom is -0.486 e. The quantitative estimate of drug-likeness (QED) is 0.161. The van der Waals surface area contributed by atoms with Crippen LogP contribution in [0.15, 0.2) is 95.9 Å². The summed E-state index contributed by atoms with van der Waals surface area (Å²) in [5.74, 6) is -0.673. The molecule has 0 saturated carbocycles. The average Bonchev–Trinajstić information content (AvgIpc) is 3.07. The smallest absolute Gasteiger partial charge is 0.262 e. The first-order chi connectivity index (χ1) is 23.4. The average molecular weight is 686 g/mol.